The second kappa shape index (κ2) is 9.11. The Hall–Kier alpha value is -1.83. The van der Waals surface area contributed by atoms with Gasteiger partial charge in [-0.1, -0.05) is 30.7 Å². The fourth-order valence-corrected chi connectivity index (χ4v) is 5.41. The first-order valence-corrected chi connectivity index (χ1v) is 11.6. The number of benzene rings is 1. The molecule has 0 aliphatic carbocycles. The Morgan fingerprint density at radius 1 is 1.32 bits per heavy atom. The summed E-state index contributed by atoms with van der Waals surface area (Å²) in [6, 6.07) is 10.7. The fourth-order valence-electron chi connectivity index (χ4n) is 3.52. The first-order valence-electron chi connectivity index (χ1n) is 9.38. The second-order valence-electron chi connectivity index (χ2n) is 7.12. The molecule has 0 bridgehead atoms. The smallest absolute Gasteiger partial charge is 0.234 e. The van der Waals surface area contributed by atoms with Gasteiger partial charge in [0.25, 0.3) is 0 Å². The maximum atomic E-state index is 12.8. The van der Waals surface area contributed by atoms with Gasteiger partial charge in [-0.05, 0) is 42.7 Å². The minimum Gasteiger partial charge on any atom is -0.468 e. The van der Waals surface area contributed by atoms with Crippen LogP contribution in [-0.4, -0.2) is 43.3 Å². The third kappa shape index (κ3) is 5.59. The van der Waals surface area contributed by atoms with Gasteiger partial charge in [0.1, 0.15) is 5.76 Å². The van der Waals surface area contributed by atoms with Crippen LogP contribution >= 0.6 is 11.6 Å². The van der Waals surface area contributed by atoms with E-state index in [2.05, 4.69) is 5.32 Å². The Balaban J connectivity index is 1.68. The summed E-state index contributed by atoms with van der Waals surface area (Å²) in [4.78, 5) is 14.6. The van der Waals surface area contributed by atoms with Gasteiger partial charge in [0.15, 0.2) is 9.84 Å². The topological polar surface area (TPSA) is 79.6 Å². The number of nitrogens with zero attached hydrogens (tertiary/aromatic N) is 1. The van der Waals surface area contributed by atoms with Gasteiger partial charge >= 0.3 is 0 Å². The van der Waals surface area contributed by atoms with Crippen LogP contribution < -0.4 is 5.32 Å². The number of sulfone groups is 1. The van der Waals surface area contributed by atoms with Gasteiger partial charge in [0.05, 0.1) is 36.9 Å². The van der Waals surface area contributed by atoms with E-state index < -0.39 is 9.84 Å². The lowest BCUT2D eigenvalue weighted by molar-refractivity contribution is -0.123. The molecule has 1 aliphatic heterocycles. The quantitative estimate of drug-likeness (QED) is 0.703. The molecule has 2 atom stereocenters. The van der Waals surface area contributed by atoms with Crippen molar-refractivity contribution in [2.75, 3.05) is 18.1 Å². The molecule has 0 radical (unpaired) electrons. The van der Waals surface area contributed by atoms with E-state index in [1.54, 1.807) is 24.5 Å². The van der Waals surface area contributed by atoms with Crippen LogP contribution in [-0.2, 0) is 21.2 Å². The summed E-state index contributed by atoms with van der Waals surface area (Å²) in [5, 5.41) is 3.70. The molecule has 1 N–H and O–H groups in total. The zero-order chi connectivity index (χ0) is 20.1. The van der Waals surface area contributed by atoms with Gasteiger partial charge in [-0.3, -0.25) is 9.69 Å². The molecule has 1 saturated heterocycles. The van der Waals surface area contributed by atoms with E-state index in [-0.39, 0.29) is 36.0 Å². The van der Waals surface area contributed by atoms with E-state index >= 15 is 0 Å². The molecule has 152 valence electrons. The summed E-state index contributed by atoms with van der Waals surface area (Å²) >= 11 is 5.95. The maximum absolute atomic E-state index is 12.8. The number of hydrogen-bond donors (Lipinski definition) is 1. The van der Waals surface area contributed by atoms with Crippen molar-refractivity contribution in [1.82, 2.24) is 10.2 Å². The Morgan fingerprint density at radius 2 is 2.07 bits per heavy atom. The lowest BCUT2D eigenvalue weighted by Gasteiger charge is -2.27. The van der Waals surface area contributed by atoms with Gasteiger partial charge in [0.2, 0.25) is 5.91 Å². The lowest BCUT2D eigenvalue weighted by Crippen LogP contribution is -2.44. The van der Waals surface area contributed by atoms with E-state index in [0.29, 0.717) is 23.7 Å². The molecule has 1 aromatic carbocycles. The number of furan rings is 1. The summed E-state index contributed by atoms with van der Waals surface area (Å²) in [7, 11) is -3.05. The van der Waals surface area contributed by atoms with Gasteiger partial charge in [-0.25, -0.2) is 8.42 Å². The molecule has 8 heteroatoms. The number of amides is 1. The number of nitrogens with one attached hydrogen (secondary N) is 1. The van der Waals surface area contributed by atoms with Gasteiger partial charge in [-0.2, -0.15) is 0 Å². The largest absolute Gasteiger partial charge is 0.468 e. The molecule has 0 spiro atoms. The monoisotopic (exact) mass is 424 g/mol. The highest BCUT2D eigenvalue weighted by molar-refractivity contribution is 7.91. The Kier molecular flexibility index (Phi) is 6.80. The average molecular weight is 425 g/mol. The first-order chi connectivity index (χ1) is 13.4. The molecule has 2 aromatic rings. The van der Waals surface area contributed by atoms with E-state index in [1.165, 1.54) is 0 Å². The highest BCUT2D eigenvalue weighted by atomic mass is 35.5. The highest BCUT2D eigenvalue weighted by Crippen LogP contribution is 2.22. The SMILES string of the molecule is CC[C@@H](NC(=O)CN(Cc1ccco1)[C@H]1CCS(=O)(=O)C1)c1ccc(Cl)cc1. The van der Waals surface area contributed by atoms with Gasteiger partial charge in [0, 0.05) is 11.1 Å². The molecule has 1 aliphatic rings. The lowest BCUT2D eigenvalue weighted by atomic mass is 10.0. The van der Waals surface area contributed by atoms with Crippen LogP contribution in [0.15, 0.2) is 47.1 Å². The van der Waals surface area contributed by atoms with Crippen molar-refractivity contribution in [3.8, 4) is 0 Å². The standard InChI is InChI=1S/C20H25ClN2O4S/c1-2-19(15-5-7-16(21)8-6-15)22-20(24)13-23(12-18-4-3-10-27-18)17-9-11-28(25,26)14-17/h3-8,10,17,19H,2,9,11-14H2,1H3,(H,22,24)/t17-,19+/m0/s1. The molecule has 0 unspecified atom stereocenters. The zero-order valence-electron chi connectivity index (χ0n) is 15.8. The van der Waals surface area contributed by atoms with Crippen LogP contribution in [0.2, 0.25) is 5.02 Å². The van der Waals surface area contributed by atoms with Crippen LogP contribution in [0.25, 0.3) is 0 Å². The number of halogens is 1. The summed E-state index contributed by atoms with van der Waals surface area (Å²) in [5.41, 5.74) is 0.987. The van der Waals surface area contributed by atoms with Crippen molar-refractivity contribution in [1.29, 1.82) is 0 Å². The van der Waals surface area contributed by atoms with Crippen molar-refractivity contribution in [2.45, 2.75) is 38.4 Å². The minimum atomic E-state index is -3.05. The predicted molar refractivity (Wildman–Crippen MR) is 109 cm³/mol. The first kappa shape index (κ1) is 20.9. The molecule has 3 rings (SSSR count). The Bertz CT molecular complexity index is 881. The molecule has 1 amide bonds. The molecule has 28 heavy (non-hydrogen) atoms. The summed E-state index contributed by atoms with van der Waals surface area (Å²) in [5.74, 6) is 0.811. The van der Waals surface area contributed by atoms with Crippen molar-refractivity contribution >= 4 is 27.3 Å². The van der Waals surface area contributed by atoms with Crippen LogP contribution in [0.1, 0.15) is 37.1 Å². The summed E-state index contributed by atoms with van der Waals surface area (Å²) < 4.78 is 29.2. The van der Waals surface area contributed by atoms with Crippen LogP contribution in [0, 0.1) is 0 Å². The van der Waals surface area contributed by atoms with Crippen molar-refractivity contribution in [3.05, 3.63) is 59.0 Å². The highest BCUT2D eigenvalue weighted by Gasteiger charge is 2.33. The normalized spacial score (nSPS) is 19.6. The third-order valence-corrected chi connectivity index (χ3v) is 7.03. The summed E-state index contributed by atoms with van der Waals surface area (Å²) in [6.45, 7) is 2.52. The Labute approximate surface area is 170 Å². The Morgan fingerprint density at radius 3 is 2.64 bits per heavy atom. The minimum absolute atomic E-state index is 0.0787. The number of hydrogen-bond acceptors (Lipinski definition) is 5. The average Bonchev–Trinajstić information content (AvgIpc) is 3.29. The molecule has 6 nitrogen and oxygen atoms in total. The predicted octanol–water partition coefficient (Wildman–Crippen LogP) is 3.19. The third-order valence-electron chi connectivity index (χ3n) is 5.03. The van der Waals surface area contributed by atoms with Gasteiger partial charge < -0.3 is 9.73 Å². The second-order valence-corrected chi connectivity index (χ2v) is 9.79. The molecule has 2 heterocycles. The van der Waals surface area contributed by atoms with E-state index in [9.17, 15) is 13.2 Å². The summed E-state index contributed by atoms with van der Waals surface area (Å²) in [6.07, 6.45) is 2.85. The van der Waals surface area contributed by atoms with Crippen molar-refractivity contribution in [3.63, 3.8) is 0 Å². The van der Waals surface area contributed by atoms with Crippen LogP contribution in [0.4, 0.5) is 0 Å². The molecule has 1 aromatic heterocycles. The molecular formula is C20H25ClN2O4S. The molecule has 1 fully saturated rings. The zero-order valence-corrected chi connectivity index (χ0v) is 17.4. The van der Waals surface area contributed by atoms with Crippen LogP contribution in [0.5, 0.6) is 0 Å². The van der Waals surface area contributed by atoms with Crippen molar-refractivity contribution < 1.29 is 17.6 Å². The number of rotatable bonds is 8. The van der Waals surface area contributed by atoms with Crippen LogP contribution in [0.3, 0.4) is 0 Å². The number of carbonyl (C=O) groups is 1. The van der Waals surface area contributed by atoms with E-state index in [4.69, 9.17) is 16.0 Å². The number of carbonyl (C=O) groups excluding carboxylic acids is 1. The van der Waals surface area contributed by atoms with E-state index in [1.807, 2.05) is 30.0 Å². The van der Waals surface area contributed by atoms with E-state index in [0.717, 1.165) is 12.0 Å². The van der Waals surface area contributed by atoms with Crippen molar-refractivity contribution in [2.24, 2.45) is 0 Å². The molecular weight excluding hydrogens is 400 g/mol. The molecule has 0 saturated carbocycles. The fraction of sp³-hybridized carbons (Fsp3) is 0.450. The maximum Gasteiger partial charge on any atom is 0.234 e. The van der Waals surface area contributed by atoms with Gasteiger partial charge in [-0.15, -0.1) is 0 Å².